The molecular weight excluding hydrogens is 328 g/mol. The molecule has 0 saturated carbocycles. The summed E-state index contributed by atoms with van der Waals surface area (Å²) in [5, 5.41) is 2.99. The van der Waals surface area contributed by atoms with Crippen LogP contribution in [0.2, 0.25) is 0 Å². The van der Waals surface area contributed by atoms with Crippen molar-refractivity contribution in [1.82, 2.24) is 14.5 Å². The Morgan fingerprint density at radius 3 is 2.73 bits per heavy atom. The van der Waals surface area contributed by atoms with Gasteiger partial charge in [-0.3, -0.25) is 4.98 Å². The van der Waals surface area contributed by atoms with E-state index in [4.69, 9.17) is 4.74 Å². The Hall–Kier alpha value is -3.28. The molecule has 1 unspecified atom stereocenters. The molecule has 26 heavy (non-hydrogen) atoms. The number of urea groups is 1. The smallest absolute Gasteiger partial charge is 0.322 e. The Balaban J connectivity index is 1.62. The van der Waals surface area contributed by atoms with Crippen LogP contribution in [0.25, 0.3) is 0 Å². The van der Waals surface area contributed by atoms with Gasteiger partial charge in [0.1, 0.15) is 11.8 Å². The van der Waals surface area contributed by atoms with E-state index in [1.807, 2.05) is 53.6 Å². The van der Waals surface area contributed by atoms with Crippen LogP contribution in [-0.2, 0) is 6.54 Å². The maximum atomic E-state index is 13.0. The third-order valence-electron chi connectivity index (χ3n) is 4.64. The summed E-state index contributed by atoms with van der Waals surface area (Å²) >= 11 is 0. The number of benzene rings is 1. The van der Waals surface area contributed by atoms with Crippen LogP contribution in [0.1, 0.15) is 17.3 Å². The molecule has 2 aromatic heterocycles. The molecule has 0 aliphatic carbocycles. The predicted octanol–water partition coefficient (Wildman–Crippen LogP) is 3.53. The summed E-state index contributed by atoms with van der Waals surface area (Å²) in [7, 11) is 1.62. The lowest BCUT2D eigenvalue weighted by atomic mass is 10.0. The van der Waals surface area contributed by atoms with Gasteiger partial charge >= 0.3 is 6.03 Å². The molecule has 1 atom stereocenters. The van der Waals surface area contributed by atoms with Crippen molar-refractivity contribution in [2.45, 2.75) is 12.6 Å². The maximum absolute atomic E-state index is 13.0. The van der Waals surface area contributed by atoms with Gasteiger partial charge in [0.2, 0.25) is 0 Å². The second kappa shape index (κ2) is 6.92. The summed E-state index contributed by atoms with van der Waals surface area (Å²) in [6.07, 6.45) is 5.62. The van der Waals surface area contributed by atoms with Crippen molar-refractivity contribution in [3.63, 3.8) is 0 Å². The first-order chi connectivity index (χ1) is 12.8. The zero-order chi connectivity index (χ0) is 17.9. The summed E-state index contributed by atoms with van der Waals surface area (Å²) in [6, 6.07) is 15.0. The molecule has 6 nitrogen and oxygen atoms in total. The van der Waals surface area contributed by atoms with Crippen molar-refractivity contribution in [2.24, 2.45) is 0 Å². The average molecular weight is 348 g/mol. The number of rotatable bonds is 3. The van der Waals surface area contributed by atoms with E-state index in [1.54, 1.807) is 13.3 Å². The second-order valence-corrected chi connectivity index (χ2v) is 6.17. The number of amides is 2. The minimum atomic E-state index is -0.161. The lowest BCUT2D eigenvalue weighted by Gasteiger charge is -2.37. The fourth-order valence-electron chi connectivity index (χ4n) is 3.36. The van der Waals surface area contributed by atoms with Gasteiger partial charge in [-0.15, -0.1) is 0 Å². The highest BCUT2D eigenvalue weighted by molar-refractivity contribution is 5.90. The van der Waals surface area contributed by atoms with Crippen LogP contribution in [-0.4, -0.2) is 34.1 Å². The first-order valence-electron chi connectivity index (χ1n) is 8.53. The Bertz CT molecular complexity index is 890. The first kappa shape index (κ1) is 16.2. The number of anilines is 1. The number of carbonyl (C=O) groups is 1. The molecule has 132 valence electrons. The quantitative estimate of drug-likeness (QED) is 0.788. The van der Waals surface area contributed by atoms with E-state index in [9.17, 15) is 4.79 Å². The molecule has 2 amide bonds. The highest BCUT2D eigenvalue weighted by atomic mass is 16.5. The Kier molecular flexibility index (Phi) is 4.31. The van der Waals surface area contributed by atoms with Crippen LogP contribution in [0.15, 0.2) is 67.1 Å². The predicted molar refractivity (Wildman–Crippen MR) is 99.2 cm³/mol. The largest absolute Gasteiger partial charge is 0.497 e. The van der Waals surface area contributed by atoms with E-state index in [2.05, 4.69) is 27.1 Å². The summed E-state index contributed by atoms with van der Waals surface area (Å²) in [4.78, 5) is 19.1. The van der Waals surface area contributed by atoms with Crippen molar-refractivity contribution in [3.05, 3.63) is 78.4 Å². The molecule has 1 aliphatic rings. The molecule has 6 heteroatoms. The molecule has 3 aromatic rings. The normalized spacial score (nSPS) is 16.0. The molecule has 0 saturated heterocycles. The zero-order valence-electron chi connectivity index (χ0n) is 14.5. The Morgan fingerprint density at radius 1 is 1.15 bits per heavy atom. The molecular formula is C20H20N4O2. The van der Waals surface area contributed by atoms with E-state index in [1.165, 1.54) is 0 Å². The number of fused-ring (bicyclic) bond motifs is 1. The third-order valence-corrected chi connectivity index (χ3v) is 4.64. The van der Waals surface area contributed by atoms with Crippen LogP contribution in [0.4, 0.5) is 10.5 Å². The highest BCUT2D eigenvalue weighted by Crippen LogP contribution is 2.32. The minimum absolute atomic E-state index is 0.128. The van der Waals surface area contributed by atoms with Gasteiger partial charge in [-0.05, 0) is 48.0 Å². The number of aromatic nitrogens is 2. The lowest BCUT2D eigenvalue weighted by molar-refractivity contribution is 0.181. The Morgan fingerprint density at radius 2 is 2.00 bits per heavy atom. The summed E-state index contributed by atoms with van der Waals surface area (Å²) < 4.78 is 7.35. The monoisotopic (exact) mass is 348 g/mol. The van der Waals surface area contributed by atoms with Crippen LogP contribution >= 0.6 is 0 Å². The number of hydrogen-bond donors (Lipinski definition) is 1. The zero-order valence-corrected chi connectivity index (χ0v) is 14.5. The molecule has 0 spiro atoms. The molecule has 1 aromatic carbocycles. The van der Waals surface area contributed by atoms with E-state index < -0.39 is 0 Å². The molecule has 0 fully saturated rings. The van der Waals surface area contributed by atoms with E-state index in [0.717, 1.165) is 29.2 Å². The van der Waals surface area contributed by atoms with Crippen LogP contribution in [0, 0.1) is 0 Å². The fraction of sp³-hybridized carbons (Fsp3) is 0.200. The topological polar surface area (TPSA) is 59.4 Å². The van der Waals surface area contributed by atoms with Gasteiger partial charge in [0.15, 0.2) is 0 Å². The number of pyridine rings is 1. The van der Waals surface area contributed by atoms with Gasteiger partial charge in [-0.2, -0.15) is 0 Å². The van der Waals surface area contributed by atoms with Gasteiger partial charge in [0.25, 0.3) is 0 Å². The van der Waals surface area contributed by atoms with Gasteiger partial charge in [-0.1, -0.05) is 6.07 Å². The summed E-state index contributed by atoms with van der Waals surface area (Å²) in [6.45, 7) is 1.40. The van der Waals surface area contributed by atoms with Gasteiger partial charge in [0, 0.05) is 43.1 Å². The fourth-order valence-corrected chi connectivity index (χ4v) is 3.36. The molecule has 4 rings (SSSR count). The van der Waals surface area contributed by atoms with Crippen molar-refractivity contribution in [3.8, 4) is 5.75 Å². The number of nitrogens with zero attached hydrogens (tertiary/aromatic N) is 3. The third kappa shape index (κ3) is 3.01. The summed E-state index contributed by atoms with van der Waals surface area (Å²) in [5.41, 5.74) is 2.83. The van der Waals surface area contributed by atoms with E-state index >= 15 is 0 Å². The second-order valence-electron chi connectivity index (χ2n) is 6.17. The van der Waals surface area contributed by atoms with E-state index in [0.29, 0.717) is 6.54 Å². The summed E-state index contributed by atoms with van der Waals surface area (Å²) in [5.74, 6) is 0.757. The van der Waals surface area contributed by atoms with Crippen LogP contribution < -0.4 is 10.1 Å². The van der Waals surface area contributed by atoms with Gasteiger partial charge in [0.05, 0.1) is 7.11 Å². The van der Waals surface area contributed by atoms with Crippen LogP contribution in [0.5, 0.6) is 5.75 Å². The molecule has 0 radical (unpaired) electrons. The first-order valence-corrected chi connectivity index (χ1v) is 8.53. The number of nitrogens with one attached hydrogen (secondary N) is 1. The minimum Gasteiger partial charge on any atom is -0.497 e. The maximum Gasteiger partial charge on any atom is 0.322 e. The SMILES string of the molecule is COc1ccc(NC(=O)N2CCn3cccc3C2c2cccnc2)cc1. The van der Waals surface area contributed by atoms with Gasteiger partial charge < -0.3 is 19.5 Å². The van der Waals surface area contributed by atoms with Crippen molar-refractivity contribution < 1.29 is 9.53 Å². The Labute approximate surface area is 152 Å². The molecule has 1 aliphatic heterocycles. The van der Waals surface area contributed by atoms with Crippen LogP contribution in [0.3, 0.4) is 0 Å². The van der Waals surface area contributed by atoms with Gasteiger partial charge in [-0.25, -0.2) is 4.79 Å². The average Bonchev–Trinajstić information content (AvgIpc) is 3.17. The van der Waals surface area contributed by atoms with Crippen molar-refractivity contribution >= 4 is 11.7 Å². The number of ether oxygens (including phenoxy) is 1. The number of methoxy groups -OCH3 is 1. The lowest BCUT2D eigenvalue weighted by Crippen LogP contribution is -2.44. The molecule has 1 N–H and O–H groups in total. The molecule has 0 bridgehead atoms. The number of carbonyl (C=O) groups excluding carboxylic acids is 1. The number of hydrogen-bond acceptors (Lipinski definition) is 3. The van der Waals surface area contributed by atoms with E-state index in [-0.39, 0.29) is 12.1 Å². The highest BCUT2D eigenvalue weighted by Gasteiger charge is 2.32. The molecule has 3 heterocycles. The van der Waals surface area contributed by atoms with Crippen molar-refractivity contribution in [2.75, 3.05) is 19.0 Å². The standard InChI is InChI=1S/C20H20N4O2/c1-26-17-8-6-16(7-9-17)22-20(25)24-13-12-23-11-3-5-18(23)19(24)15-4-2-10-21-14-15/h2-11,14,19H,12-13H2,1H3,(H,22,25). The van der Waals surface area contributed by atoms with Crippen molar-refractivity contribution in [1.29, 1.82) is 0 Å².